The first-order valence-electron chi connectivity index (χ1n) is 7.18. The van der Waals surface area contributed by atoms with Crippen molar-refractivity contribution >= 4 is 0 Å². The lowest BCUT2D eigenvalue weighted by Crippen LogP contribution is -2.35. The fourth-order valence-electron chi connectivity index (χ4n) is 1.90. The normalized spacial score (nSPS) is 11.4. The summed E-state index contributed by atoms with van der Waals surface area (Å²) in [6.07, 6.45) is 0. The van der Waals surface area contributed by atoms with E-state index in [1.54, 1.807) is 0 Å². The monoisotopic (exact) mass is 285 g/mol. The minimum atomic E-state index is 0.0480. The van der Waals surface area contributed by atoms with Crippen molar-refractivity contribution in [3.63, 3.8) is 0 Å². The standard InChI is InChI=1S/C18H23NO2/c1-18(2,3)19-12-15-6-4-5-7-17(15)21-16-10-8-14(13-20)9-11-16/h4-11,19-20H,12-13H2,1-3H3. The topological polar surface area (TPSA) is 41.5 Å². The number of hydrogen-bond donors (Lipinski definition) is 2. The lowest BCUT2D eigenvalue weighted by Gasteiger charge is -2.21. The minimum Gasteiger partial charge on any atom is -0.457 e. The summed E-state index contributed by atoms with van der Waals surface area (Å²) in [5.74, 6) is 1.63. The van der Waals surface area contributed by atoms with E-state index < -0.39 is 0 Å². The third kappa shape index (κ3) is 4.88. The van der Waals surface area contributed by atoms with Gasteiger partial charge in [0.05, 0.1) is 6.61 Å². The van der Waals surface area contributed by atoms with Gasteiger partial charge in [0.2, 0.25) is 0 Å². The van der Waals surface area contributed by atoms with Gasteiger partial charge in [0.15, 0.2) is 0 Å². The molecule has 3 heteroatoms. The summed E-state index contributed by atoms with van der Waals surface area (Å²) >= 11 is 0. The predicted molar refractivity (Wildman–Crippen MR) is 85.5 cm³/mol. The molecule has 3 nitrogen and oxygen atoms in total. The molecule has 2 aromatic carbocycles. The zero-order valence-corrected chi connectivity index (χ0v) is 12.9. The van der Waals surface area contributed by atoms with E-state index in [0.29, 0.717) is 0 Å². The molecule has 0 fully saturated rings. The Morgan fingerprint density at radius 3 is 2.29 bits per heavy atom. The molecule has 0 atom stereocenters. The Hall–Kier alpha value is -1.84. The summed E-state index contributed by atoms with van der Waals surface area (Å²) in [5, 5.41) is 12.5. The van der Waals surface area contributed by atoms with Crippen molar-refractivity contribution in [2.45, 2.75) is 39.5 Å². The summed E-state index contributed by atoms with van der Waals surface area (Å²) in [7, 11) is 0. The second-order valence-electron chi connectivity index (χ2n) is 6.12. The number of ether oxygens (including phenoxy) is 1. The summed E-state index contributed by atoms with van der Waals surface area (Å²) < 4.78 is 5.95. The smallest absolute Gasteiger partial charge is 0.131 e. The van der Waals surface area contributed by atoms with Crippen molar-refractivity contribution in [3.05, 3.63) is 59.7 Å². The second-order valence-corrected chi connectivity index (χ2v) is 6.12. The van der Waals surface area contributed by atoms with Gasteiger partial charge in [0.1, 0.15) is 11.5 Å². The van der Waals surface area contributed by atoms with Crippen LogP contribution in [-0.4, -0.2) is 10.6 Å². The third-order valence-corrected chi connectivity index (χ3v) is 3.12. The van der Waals surface area contributed by atoms with Crippen LogP contribution in [0.5, 0.6) is 11.5 Å². The molecule has 0 heterocycles. The van der Waals surface area contributed by atoms with Gasteiger partial charge in [0, 0.05) is 17.6 Å². The van der Waals surface area contributed by atoms with Crippen LogP contribution in [0, 0.1) is 0 Å². The van der Waals surface area contributed by atoms with Crippen LogP contribution < -0.4 is 10.1 Å². The molecule has 0 spiro atoms. The lowest BCUT2D eigenvalue weighted by molar-refractivity contribution is 0.281. The molecule has 0 saturated carbocycles. The number of hydrogen-bond acceptors (Lipinski definition) is 3. The Bertz CT molecular complexity index is 571. The van der Waals surface area contributed by atoms with Crippen LogP contribution in [0.1, 0.15) is 31.9 Å². The van der Waals surface area contributed by atoms with Crippen LogP contribution in [-0.2, 0) is 13.2 Å². The van der Waals surface area contributed by atoms with Crippen molar-refractivity contribution < 1.29 is 9.84 Å². The number of para-hydroxylation sites is 1. The van der Waals surface area contributed by atoms with E-state index in [-0.39, 0.29) is 12.1 Å². The van der Waals surface area contributed by atoms with Crippen LogP contribution in [0.4, 0.5) is 0 Å². The average molecular weight is 285 g/mol. The molecule has 0 saturated heterocycles. The maximum absolute atomic E-state index is 9.06. The first-order valence-corrected chi connectivity index (χ1v) is 7.18. The number of aliphatic hydroxyl groups is 1. The van der Waals surface area contributed by atoms with Crippen LogP contribution >= 0.6 is 0 Å². The average Bonchev–Trinajstić information content (AvgIpc) is 2.46. The minimum absolute atomic E-state index is 0.0480. The molecule has 2 rings (SSSR count). The molecule has 0 amide bonds. The van der Waals surface area contributed by atoms with E-state index in [4.69, 9.17) is 9.84 Å². The second kappa shape index (κ2) is 6.74. The van der Waals surface area contributed by atoms with E-state index in [9.17, 15) is 0 Å². The highest BCUT2D eigenvalue weighted by Gasteiger charge is 2.11. The van der Waals surface area contributed by atoms with E-state index in [1.165, 1.54) is 0 Å². The number of aliphatic hydroxyl groups excluding tert-OH is 1. The molecule has 0 radical (unpaired) electrons. The van der Waals surface area contributed by atoms with Crippen molar-refractivity contribution in [1.82, 2.24) is 5.32 Å². The largest absolute Gasteiger partial charge is 0.457 e. The van der Waals surface area contributed by atoms with Crippen molar-refractivity contribution in [1.29, 1.82) is 0 Å². The van der Waals surface area contributed by atoms with Gasteiger partial charge >= 0.3 is 0 Å². The van der Waals surface area contributed by atoms with Gasteiger partial charge in [-0.3, -0.25) is 0 Å². The Morgan fingerprint density at radius 1 is 1.00 bits per heavy atom. The van der Waals surface area contributed by atoms with Gasteiger partial charge in [-0.2, -0.15) is 0 Å². The molecule has 21 heavy (non-hydrogen) atoms. The molecule has 0 aromatic heterocycles. The van der Waals surface area contributed by atoms with Gasteiger partial charge in [-0.25, -0.2) is 0 Å². The fourth-order valence-corrected chi connectivity index (χ4v) is 1.90. The van der Waals surface area contributed by atoms with Crippen molar-refractivity contribution in [2.24, 2.45) is 0 Å². The lowest BCUT2D eigenvalue weighted by atomic mass is 10.1. The Balaban J connectivity index is 2.11. The maximum Gasteiger partial charge on any atom is 0.131 e. The molecule has 112 valence electrons. The summed E-state index contributed by atoms with van der Waals surface area (Å²) in [5.41, 5.74) is 2.07. The number of nitrogens with one attached hydrogen (secondary N) is 1. The van der Waals surface area contributed by atoms with E-state index in [0.717, 1.165) is 29.2 Å². The quantitative estimate of drug-likeness (QED) is 0.876. The Morgan fingerprint density at radius 2 is 1.67 bits per heavy atom. The molecule has 2 aromatic rings. The summed E-state index contributed by atoms with van der Waals surface area (Å²) in [6, 6.07) is 15.5. The van der Waals surface area contributed by atoms with Gasteiger partial charge < -0.3 is 15.2 Å². The zero-order chi connectivity index (χ0) is 15.3. The van der Waals surface area contributed by atoms with Crippen molar-refractivity contribution in [3.8, 4) is 11.5 Å². The van der Waals surface area contributed by atoms with Crippen molar-refractivity contribution in [2.75, 3.05) is 0 Å². The Labute approximate surface area is 126 Å². The first-order chi connectivity index (χ1) is 9.98. The molecule has 0 unspecified atom stereocenters. The molecule has 0 aliphatic heterocycles. The van der Waals surface area contributed by atoms with Crippen LogP contribution in [0.3, 0.4) is 0 Å². The maximum atomic E-state index is 9.06. The summed E-state index contributed by atoms with van der Waals surface area (Å²) in [4.78, 5) is 0. The van der Waals surface area contributed by atoms with Crippen LogP contribution in [0.25, 0.3) is 0 Å². The highest BCUT2D eigenvalue weighted by molar-refractivity contribution is 5.38. The fraction of sp³-hybridized carbons (Fsp3) is 0.333. The highest BCUT2D eigenvalue weighted by atomic mass is 16.5. The number of benzene rings is 2. The zero-order valence-electron chi connectivity index (χ0n) is 12.9. The molecule has 0 aliphatic carbocycles. The highest BCUT2D eigenvalue weighted by Crippen LogP contribution is 2.25. The Kier molecular flexibility index (Phi) is 4.99. The van der Waals surface area contributed by atoms with Gasteiger partial charge in [0.25, 0.3) is 0 Å². The molecular formula is C18H23NO2. The summed E-state index contributed by atoms with van der Waals surface area (Å²) in [6.45, 7) is 7.24. The first kappa shape index (κ1) is 15.5. The van der Waals surface area contributed by atoms with Crippen LogP contribution in [0.2, 0.25) is 0 Å². The van der Waals surface area contributed by atoms with E-state index in [1.807, 2.05) is 42.5 Å². The molecule has 2 N–H and O–H groups in total. The van der Waals surface area contributed by atoms with E-state index in [2.05, 4.69) is 32.2 Å². The molecule has 0 bridgehead atoms. The van der Waals surface area contributed by atoms with Gasteiger partial charge in [-0.15, -0.1) is 0 Å². The van der Waals surface area contributed by atoms with Gasteiger partial charge in [-0.1, -0.05) is 30.3 Å². The van der Waals surface area contributed by atoms with Gasteiger partial charge in [-0.05, 0) is 44.5 Å². The predicted octanol–water partition coefficient (Wildman–Crippen LogP) is 3.86. The SMILES string of the molecule is CC(C)(C)NCc1ccccc1Oc1ccc(CO)cc1. The van der Waals surface area contributed by atoms with Crippen LogP contribution in [0.15, 0.2) is 48.5 Å². The third-order valence-electron chi connectivity index (χ3n) is 3.12. The molecular weight excluding hydrogens is 262 g/mol. The molecule has 0 aliphatic rings. The van der Waals surface area contributed by atoms with E-state index >= 15 is 0 Å². The number of rotatable bonds is 5.